The zero-order valence-corrected chi connectivity index (χ0v) is 11.2. The molecular weight excluding hydrogens is 254 g/mol. The second kappa shape index (κ2) is 5.36. The number of ether oxygens (including phenoxy) is 1. The maximum Gasteiger partial charge on any atom is 0.313 e. The molecule has 5 nitrogen and oxygen atoms in total. The Morgan fingerprint density at radius 3 is 2.90 bits per heavy atom. The molecule has 20 heavy (non-hydrogen) atoms. The molecule has 0 atom stereocenters. The van der Waals surface area contributed by atoms with Crippen LogP contribution in [0.1, 0.15) is 24.4 Å². The van der Waals surface area contributed by atoms with Crippen molar-refractivity contribution in [2.24, 2.45) is 0 Å². The molecule has 1 fully saturated rings. The van der Waals surface area contributed by atoms with Crippen molar-refractivity contribution in [2.45, 2.75) is 25.3 Å². The molecule has 2 N–H and O–H groups in total. The van der Waals surface area contributed by atoms with E-state index in [0.29, 0.717) is 19.1 Å². The summed E-state index contributed by atoms with van der Waals surface area (Å²) in [5, 5.41) is 0. The van der Waals surface area contributed by atoms with Gasteiger partial charge in [-0.3, -0.25) is 4.79 Å². The lowest BCUT2D eigenvalue weighted by molar-refractivity contribution is 0.301. The Kier molecular flexibility index (Phi) is 3.41. The van der Waals surface area contributed by atoms with Crippen LogP contribution in [0.15, 0.2) is 41.5 Å². The number of nitrogens with zero attached hydrogens (tertiary/aromatic N) is 2. The van der Waals surface area contributed by atoms with Crippen LogP contribution in [0.3, 0.4) is 0 Å². The molecule has 1 aliphatic rings. The number of hydrogen-bond donors (Lipinski definition) is 1. The van der Waals surface area contributed by atoms with Crippen molar-refractivity contribution in [1.29, 1.82) is 0 Å². The van der Waals surface area contributed by atoms with Gasteiger partial charge in [0, 0.05) is 30.5 Å². The highest BCUT2D eigenvalue weighted by Crippen LogP contribution is 2.33. The van der Waals surface area contributed by atoms with Gasteiger partial charge in [0.1, 0.15) is 0 Å². The van der Waals surface area contributed by atoms with Gasteiger partial charge in [-0.05, 0) is 24.5 Å². The lowest BCUT2D eigenvalue weighted by Crippen LogP contribution is -2.22. The van der Waals surface area contributed by atoms with Gasteiger partial charge < -0.3 is 15.0 Å². The van der Waals surface area contributed by atoms with Crippen LogP contribution in [-0.2, 0) is 6.42 Å². The molecule has 0 aliphatic heterocycles. The van der Waals surface area contributed by atoms with Crippen LogP contribution in [0.5, 0.6) is 5.88 Å². The van der Waals surface area contributed by atoms with Gasteiger partial charge in [-0.25, -0.2) is 4.98 Å². The van der Waals surface area contributed by atoms with Crippen molar-refractivity contribution in [2.75, 3.05) is 12.3 Å². The number of benzene rings is 1. The summed E-state index contributed by atoms with van der Waals surface area (Å²) < 4.78 is 7.22. The Morgan fingerprint density at radius 1 is 1.35 bits per heavy atom. The average molecular weight is 271 g/mol. The largest absolute Gasteiger partial charge is 0.473 e. The Hall–Kier alpha value is -2.30. The van der Waals surface area contributed by atoms with Gasteiger partial charge in [0.2, 0.25) is 0 Å². The quantitative estimate of drug-likeness (QED) is 0.842. The third kappa shape index (κ3) is 2.66. The van der Waals surface area contributed by atoms with Crippen LogP contribution in [0, 0.1) is 0 Å². The van der Waals surface area contributed by atoms with Crippen molar-refractivity contribution >= 4 is 5.69 Å². The van der Waals surface area contributed by atoms with Crippen LogP contribution in [0.2, 0.25) is 0 Å². The van der Waals surface area contributed by atoms with Gasteiger partial charge >= 0.3 is 5.56 Å². The second-order valence-electron chi connectivity index (χ2n) is 4.97. The summed E-state index contributed by atoms with van der Waals surface area (Å²) in [6.07, 6.45) is 6.12. The highest BCUT2D eigenvalue weighted by atomic mass is 16.5. The molecule has 1 heterocycles. The van der Waals surface area contributed by atoms with Gasteiger partial charge in [0.25, 0.3) is 5.88 Å². The average Bonchev–Trinajstić information content (AvgIpc) is 3.27. The van der Waals surface area contributed by atoms with E-state index in [4.69, 9.17) is 10.5 Å². The van der Waals surface area contributed by atoms with Crippen molar-refractivity contribution in [1.82, 2.24) is 9.55 Å². The third-order valence-corrected chi connectivity index (χ3v) is 3.44. The van der Waals surface area contributed by atoms with E-state index in [0.717, 1.165) is 24.1 Å². The predicted molar refractivity (Wildman–Crippen MR) is 76.8 cm³/mol. The molecule has 2 aromatic rings. The summed E-state index contributed by atoms with van der Waals surface area (Å²) in [4.78, 5) is 16.1. The number of hydrogen-bond acceptors (Lipinski definition) is 4. The zero-order valence-electron chi connectivity index (χ0n) is 11.2. The first-order valence-corrected chi connectivity index (χ1v) is 6.79. The highest BCUT2D eigenvalue weighted by molar-refractivity contribution is 5.46. The normalized spacial score (nSPS) is 14.2. The molecule has 0 radical (unpaired) electrons. The van der Waals surface area contributed by atoms with E-state index in [1.54, 1.807) is 17.0 Å². The monoisotopic (exact) mass is 271 g/mol. The van der Waals surface area contributed by atoms with E-state index in [-0.39, 0.29) is 11.4 Å². The van der Waals surface area contributed by atoms with Crippen molar-refractivity contribution in [3.63, 3.8) is 0 Å². The van der Waals surface area contributed by atoms with Crippen LogP contribution < -0.4 is 16.0 Å². The smallest absolute Gasteiger partial charge is 0.313 e. The molecule has 0 spiro atoms. The maximum absolute atomic E-state index is 12.1. The number of rotatable bonds is 5. The predicted octanol–water partition coefficient (Wildman–Crippen LogP) is 1.78. The van der Waals surface area contributed by atoms with E-state index < -0.39 is 0 Å². The molecule has 0 saturated heterocycles. The van der Waals surface area contributed by atoms with Crippen LogP contribution in [0.25, 0.3) is 0 Å². The Bertz CT molecular complexity index is 662. The van der Waals surface area contributed by atoms with E-state index in [1.165, 1.54) is 0 Å². The molecule has 0 bridgehead atoms. The Morgan fingerprint density at radius 2 is 2.15 bits per heavy atom. The van der Waals surface area contributed by atoms with Crippen LogP contribution >= 0.6 is 0 Å². The van der Waals surface area contributed by atoms with Crippen molar-refractivity contribution < 1.29 is 4.74 Å². The molecule has 3 rings (SSSR count). The molecule has 5 heteroatoms. The summed E-state index contributed by atoms with van der Waals surface area (Å²) in [7, 11) is 0. The SMILES string of the molecule is Nc1ccccc1CCOc1nccn(C2CC2)c1=O. The number of nitrogen functional groups attached to an aromatic ring is 1. The first kappa shape index (κ1) is 12.7. The van der Waals surface area contributed by atoms with Crippen LogP contribution in [0.4, 0.5) is 5.69 Å². The second-order valence-corrected chi connectivity index (χ2v) is 4.97. The topological polar surface area (TPSA) is 70.1 Å². The number of aromatic nitrogens is 2. The van der Waals surface area contributed by atoms with E-state index >= 15 is 0 Å². The Labute approximate surface area is 117 Å². The molecule has 0 unspecified atom stereocenters. The summed E-state index contributed by atoms with van der Waals surface area (Å²) in [5.74, 6) is 0.175. The standard InChI is InChI=1S/C15H17N3O2/c16-13-4-2-1-3-11(13)7-10-20-14-15(19)18(9-8-17-14)12-5-6-12/h1-4,8-9,12H,5-7,10,16H2. The molecule has 1 saturated carbocycles. The molecule has 1 aromatic heterocycles. The lowest BCUT2D eigenvalue weighted by atomic mass is 10.1. The Balaban J connectivity index is 1.66. The van der Waals surface area contributed by atoms with E-state index in [2.05, 4.69) is 4.98 Å². The first-order valence-electron chi connectivity index (χ1n) is 6.79. The lowest BCUT2D eigenvalue weighted by Gasteiger charge is -2.08. The number of anilines is 1. The van der Waals surface area contributed by atoms with Crippen molar-refractivity contribution in [3.05, 3.63) is 52.6 Å². The number of nitrogens with two attached hydrogens (primary N) is 1. The fourth-order valence-electron chi connectivity index (χ4n) is 2.16. The summed E-state index contributed by atoms with van der Waals surface area (Å²) in [6, 6.07) is 7.98. The zero-order chi connectivity index (χ0) is 13.9. The first-order chi connectivity index (χ1) is 9.75. The van der Waals surface area contributed by atoms with Gasteiger partial charge in [-0.1, -0.05) is 18.2 Å². The highest BCUT2D eigenvalue weighted by Gasteiger charge is 2.25. The summed E-state index contributed by atoms with van der Waals surface area (Å²) in [6.45, 7) is 0.394. The minimum absolute atomic E-state index is 0.143. The molecule has 104 valence electrons. The fraction of sp³-hybridized carbons (Fsp3) is 0.333. The molecular formula is C15H17N3O2. The summed E-state index contributed by atoms with van der Waals surface area (Å²) in [5.41, 5.74) is 7.48. The molecule has 1 aliphatic carbocycles. The van der Waals surface area contributed by atoms with E-state index in [1.807, 2.05) is 24.3 Å². The van der Waals surface area contributed by atoms with Crippen LogP contribution in [-0.4, -0.2) is 16.2 Å². The number of para-hydroxylation sites is 1. The maximum atomic E-state index is 12.1. The minimum atomic E-state index is -0.143. The summed E-state index contributed by atoms with van der Waals surface area (Å²) >= 11 is 0. The molecule has 1 aromatic carbocycles. The minimum Gasteiger partial charge on any atom is -0.473 e. The van der Waals surface area contributed by atoms with Gasteiger partial charge in [-0.15, -0.1) is 0 Å². The van der Waals surface area contributed by atoms with E-state index in [9.17, 15) is 4.79 Å². The van der Waals surface area contributed by atoms with Gasteiger partial charge in [0.15, 0.2) is 0 Å². The third-order valence-electron chi connectivity index (χ3n) is 3.44. The fourth-order valence-corrected chi connectivity index (χ4v) is 2.16. The molecule has 0 amide bonds. The van der Waals surface area contributed by atoms with Crippen molar-refractivity contribution in [3.8, 4) is 5.88 Å². The van der Waals surface area contributed by atoms with Gasteiger partial charge in [0.05, 0.1) is 6.61 Å². The van der Waals surface area contributed by atoms with Gasteiger partial charge in [-0.2, -0.15) is 0 Å².